The number of nitrogens with one attached hydrogen (secondary N) is 2. The Morgan fingerprint density at radius 3 is 2.75 bits per heavy atom. The molecule has 0 saturated carbocycles. The number of ether oxygens (including phenoxy) is 1. The van der Waals surface area contributed by atoms with Gasteiger partial charge >= 0.3 is 0 Å². The maximum Gasteiger partial charge on any atom is 0.191 e. The highest BCUT2D eigenvalue weighted by Gasteiger charge is 2.01. The molecule has 0 amide bonds. The van der Waals surface area contributed by atoms with Crippen LogP contribution in [0.1, 0.15) is 25.8 Å². The first kappa shape index (κ1) is 16.6. The lowest BCUT2D eigenvalue weighted by Gasteiger charge is -2.14. The van der Waals surface area contributed by atoms with Gasteiger partial charge in [0, 0.05) is 24.7 Å². The highest BCUT2D eigenvalue weighted by molar-refractivity contribution is 6.30. The summed E-state index contributed by atoms with van der Waals surface area (Å²) in [5, 5.41) is 7.22. The summed E-state index contributed by atoms with van der Waals surface area (Å²) < 4.78 is 5.73. The molecule has 0 spiro atoms. The van der Waals surface area contributed by atoms with Gasteiger partial charge in [0.2, 0.25) is 0 Å². The molecule has 4 nitrogen and oxygen atoms in total. The molecular weight excluding hydrogens is 274 g/mol. The Labute approximate surface area is 126 Å². The topological polar surface area (TPSA) is 45.7 Å². The molecule has 1 aromatic carbocycles. The third-order valence-electron chi connectivity index (χ3n) is 2.66. The number of benzene rings is 1. The van der Waals surface area contributed by atoms with Gasteiger partial charge in [0.05, 0.1) is 6.61 Å². The standard InChI is InChI=1S/C15H24ClN3O/c1-11(2)19-15(17-4)18-8-5-9-20-14-7-6-13(16)10-12(14)3/h6-7,10-11H,5,8-9H2,1-4H3,(H2,17,18,19). The zero-order valence-corrected chi connectivity index (χ0v) is 13.4. The summed E-state index contributed by atoms with van der Waals surface area (Å²) in [6.45, 7) is 7.64. The van der Waals surface area contributed by atoms with Gasteiger partial charge in [-0.25, -0.2) is 0 Å². The van der Waals surface area contributed by atoms with Crippen molar-refractivity contribution in [3.8, 4) is 5.75 Å². The molecule has 0 radical (unpaired) electrons. The van der Waals surface area contributed by atoms with E-state index in [1.54, 1.807) is 7.05 Å². The minimum absolute atomic E-state index is 0.370. The Morgan fingerprint density at radius 2 is 2.15 bits per heavy atom. The first-order valence-electron chi connectivity index (χ1n) is 6.89. The third-order valence-corrected chi connectivity index (χ3v) is 2.89. The summed E-state index contributed by atoms with van der Waals surface area (Å²) in [7, 11) is 1.77. The van der Waals surface area contributed by atoms with Gasteiger partial charge in [-0.15, -0.1) is 0 Å². The molecule has 2 N–H and O–H groups in total. The molecular formula is C15H24ClN3O. The van der Waals surface area contributed by atoms with Crippen molar-refractivity contribution in [2.45, 2.75) is 33.2 Å². The second-order valence-electron chi connectivity index (χ2n) is 4.91. The molecule has 0 aliphatic heterocycles. The predicted molar refractivity (Wildman–Crippen MR) is 85.9 cm³/mol. The van der Waals surface area contributed by atoms with Gasteiger partial charge < -0.3 is 15.4 Å². The third kappa shape index (κ3) is 6.15. The van der Waals surface area contributed by atoms with Crippen molar-refractivity contribution in [2.24, 2.45) is 4.99 Å². The zero-order chi connectivity index (χ0) is 15.0. The van der Waals surface area contributed by atoms with Gasteiger partial charge in [0.15, 0.2) is 5.96 Å². The molecule has 0 saturated heterocycles. The first-order valence-corrected chi connectivity index (χ1v) is 7.27. The minimum atomic E-state index is 0.370. The number of hydrogen-bond acceptors (Lipinski definition) is 2. The zero-order valence-electron chi connectivity index (χ0n) is 12.7. The Kier molecular flexibility index (Phi) is 7.23. The number of halogens is 1. The summed E-state index contributed by atoms with van der Waals surface area (Å²) in [5.74, 6) is 1.71. The van der Waals surface area contributed by atoms with Crippen LogP contribution in [0.3, 0.4) is 0 Å². The fourth-order valence-corrected chi connectivity index (χ4v) is 1.93. The van der Waals surface area contributed by atoms with Crippen molar-refractivity contribution in [3.05, 3.63) is 28.8 Å². The normalized spacial score (nSPS) is 11.6. The highest BCUT2D eigenvalue weighted by Crippen LogP contribution is 2.21. The molecule has 0 bridgehead atoms. The molecule has 0 aromatic heterocycles. The number of aliphatic imine (C=N–C) groups is 1. The fourth-order valence-electron chi connectivity index (χ4n) is 1.70. The maximum absolute atomic E-state index is 5.91. The maximum atomic E-state index is 5.91. The lowest BCUT2D eigenvalue weighted by molar-refractivity contribution is 0.309. The number of guanidine groups is 1. The van der Waals surface area contributed by atoms with E-state index < -0.39 is 0 Å². The SMILES string of the molecule is CN=C(NCCCOc1ccc(Cl)cc1C)NC(C)C. The second kappa shape index (κ2) is 8.69. The van der Waals surface area contributed by atoms with Crippen LogP contribution < -0.4 is 15.4 Å². The highest BCUT2D eigenvalue weighted by atomic mass is 35.5. The van der Waals surface area contributed by atoms with E-state index in [1.165, 1.54) is 0 Å². The van der Waals surface area contributed by atoms with Crippen LogP contribution in [0.4, 0.5) is 0 Å². The number of rotatable bonds is 6. The van der Waals surface area contributed by atoms with E-state index in [1.807, 2.05) is 25.1 Å². The van der Waals surface area contributed by atoms with Crippen molar-refractivity contribution in [2.75, 3.05) is 20.2 Å². The molecule has 1 aromatic rings. The smallest absolute Gasteiger partial charge is 0.191 e. The second-order valence-corrected chi connectivity index (χ2v) is 5.35. The van der Waals surface area contributed by atoms with Crippen LogP contribution in [-0.4, -0.2) is 32.2 Å². The molecule has 112 valence electrons. The van der Waals surface area contributed by atoms with E-state index in [4.69, 9.17) is 16.3 Å². The average molecular weight is 298 g/mol. The molecule has 0 aliphatic rings. The molecule has 5 heteroatoms. The fraction of sp³-hybridized carbons (Fsp3) is 0.533. The Balaban J connectivity index is 2.25. The molecule has 0 heterocycles. The summed E-state index contributed by atoms with van der Waals surface area (Å²) in [6, 6.07) is 6.03. The van der Waals surface area contributed by atoms with Crippen LogP contribution >= 0.6 is 11.6 Å². The van der Waals surface area contributed by atoms with Gasteiger partial charge in [-0.1, -0.05) is 11.6 Å². The van der Waals surface area contributed by atoms with Crippen LogP contribution in [0.2, 0.25) is 5.02 Å². The van der Waals surface area contributed by atoms with Crippen LogP contribution in [0.5, 0.6) is 5.75 Å². The minimum Gasteiger partial charge on any atom is -0.493 e. The van der Waals surface area contributed by atoms with Crippen molar-refractivity contribution >= 4 is 17.6 Å². The van der Waals surface area contributed by atoms with Gasteiger partial charge in [0.1, 0.15) is 5.75 Å². The van der Waals surface area contributed by atoms with Gasteiger partial charge in [-0.05, 0) is 51.0 Å². The van der Waals surface area contributed by atoms with E-state index in [9.17, 15) is 0 Å². The van der Waals surface area contributed by atoms with Crippen molar-refractivity contribution in [1.82, 2.24) is 10.6 Å². The first-order chi connectivity index (χ1) is 9.52. The molecule has 0 unspecified atom stereocenters. The Morgan fingerprint density at radius 1 is 1.40 bits per heavy atom. The summed E-state index contributed by atoms with van der Waals surface area (Å²) >= 11 is 5.91. The summed E-state index contributed by atoms with van der Waals surface area (Å²) in [5.41, 5.74) is 1.06. The molecule has 0 aliphatic carbocycles. The van der Waals surface area contributed by atoms with Gasteiger partial charge in [-0.3, -0.25) is 4.99 Å². The van der Waals surface area contributed by atoms with Crippen molar-refractivity contribution in [3.63, 3.8) is 0 Å². The number of aryl methyl sites for hydroxylation is 1. The van der Waals surface area contributed by atoms with Crippen molar-refractivity contribution in [1.29, 1.82) is 0 Å². The number of nitrogens with zero attached hydrogens (tertiary/aromatic N) is 1. The molecule has 1 rings (SSSR count). The van der Waals surface area contributed by atoms with E-state index in [2.05, 4.69) is 29.5 Å². The monoisotopic (exact) mass is 297 g/mol. The number of hydrogen-bond donors (Lipinski definition) is 2. The van der Waals surface area contributed by atoms with Gasteiger partial charge in [-0.2, -0.15) is 0 Å². The quantitative estimate of drug-likeness (QED) is 0.482. The van der Waals surface area contributed by atoms with E-state index >= 15 is 0 Å². The Hall–Kier alpha value is -1.42. The lowest BCUT2D eigenvalue weighted by atomic mass is 10.2. The predicted octanol–water partition coefficient (Wildman–Crippen LogP) is 2.99. The average Bonchev–Trinajstić information content (AvgIpc) is 2.38. The molecule has 20 heavy (non-hydrogen) atoms. The lowest BCUT2D eigenvalue weighted by Crippen LogP contribution is -2.41. The largest absolute Gasteiger partial charge is 0.493 e. The van der Waals surface area contributed by atoms with Crippen LogP contribution in [-0.2, 0) is 0 Å². The summed E-state index contributed by atoms with van der Waals surface area (Å²) in [6.07, 6.45) is 0.904. The van der Waals surface area contributed by atoms with E-state index in [0.29, 0.717) is 12.6 Å². The van der Waals surface area contributed by atoms with Crippen molar-refractivity contribution < 1.29 is 4.74 Å². The Bertz CT molecular complexity index is 447. The molecule has 0 fully saturated rings. The van der Waals surface area contributed by atoms with Gasteiger partial charge in [0.25, 0.3) is 0 Å². The van der Waals surface area contributed by atoms with E-state index in [-0.39, 0.29) is 0 Å². The van der Waals surface area contributed by atoms with Crippen LogP contribution in [0, 0.1) is 6.92 Å². The molecule has 0 atom stereocenters. The van der Waals surface area contributed by atoms with Crippen LogP contribution in [0.15, 0.2) is 23.2 Å². The van der Waals surface area contributed by atoms with E-state index in [0.717, 1.165) is 35.3 Å². The summed E-state index contributed by atoms with van der Waals surface area (Å²) in [4.78, 5) is 4.15. The van der Waals surface area contributed by atoms with Crippen LogP contribution in [0.25, 0.3) is 0 Å².